The summed E-state index contributed by atoms with van der Waals surface area (Å²) in [6.07, 6.45) is 0. The maximum atomic E-state index is 10.8. The Kier molecular flexibility index (Phi) is 4.35. The third-order valence-electron chi connectivity index (χ3n) is 3.39. The van der Waals surface area contributed by atoms with E-state index in [1.165, 1.54) is 12.1 Å². The van der Waals surface area contributed by atoms with Gasteiger partial charge in [-0.3, -0.25) is 19.8 Å². The van der Waals surface area contributed by atoms with Gasteiger partial charge in [0.2, 0.25) is 0 Å². The third kappa shape index (κ3) is 3.46. The number of rotatable bonds is 4. The standard InChI is InChI=1S/C13H14N4O4/c14-8-10-7-11(1-2-12(10)17(20)21)16-5-3-15(4-6-16)9-13(18)19/h1-2,7H,3-6,9H2,(H,18,19). The van der Waals surface area contributed by atoms with Crippen LogP contribution in [-0.4, -0.2) is 53.6 Å². The molecule has 8 nitrogen and oxygen atoms in total. The van der Waals surface area contributed by atoms with Gasteiger partial charge in [-0.2, -0.15) is 5.26 Å². The molecule has 0 atom stereocenters. The lowest BCUT2D eigenvalue weighted by molar-refractivity contribution is -0.385. The second-order valence-electron chi connectivity index (χ2n) is 4.73. The van der Waals surface area contributed by atoms with Crippen LogP contribution in [0.1, 0.15) is 5.56 Å². The van der Waals surface area contributed by atoms with Gasteiger partial charge in [0.15, 0.2) is 0 Å². The van der Waals surface area contributed by atoms with Crippen molar-refractivity contribution in [3.05, 3.63) is 33.9 Å². The highest BCUT2D eigenvalue weighted by atomic mass is 16.6. The number of carbonyl (C=O) groups is 1. The monoisotopic (exact) mass is 290 g/mol. The Bertz CT molecular complexity index is 603. The van der Waals surface area contributed by atoms with Crippen LogP contribution in [0, 0.1) is 21.4 Å². The number of nitriles is 1. The van der Waals surface area contributed by atoms with E-state index in [9.17, 15) is 14.9 Å². The van der Waals surface area contributed by atoms with E-state index >= 15 is 0 Å². The Hall–Kier alpha value is -2.66. The lowest BCUT2D eigenvalue weighted by Gasteiger charge is -2.35. The molecule has 1 aliphatic rings. The molecule has 1 fully saturated rings. The van der Waals surface area contributed by atoms with Gasteiger partial charge in [0.1, 0.15) is 11.6 Å². The van der Waals surface area contributed by atoms with Crippen LogP contribution in [0.3, 0.4) is 0 Å². The summed E-state index contributed by atoms with van der Waals surface area (Å²) in [4.78, 5) is 24.7. The van der Waals surface area contributed by atoms with Crippen LogP contribution >= 0.6 is 0 Å². The third-order valence-corrected chi connectivity index (χ3v) is 3.39. The number of hydrogen-bond donors (Lipinski definition) is 1. The number of anilines is 1. The van der Waals surface area contributed by atoms with Crippen molar-refractivity contribution in [2.24, 2.45) is 0 Å². The molecule has 0 spiro atoms. The number of nitro groups is 1. The van der Waals surface area contributed by atoms with Crippen LogP contribution in [0.5, 0.6) is 0 Å². The number of nitrogens with zero attached hydrogens (tertiary/aromatic N) is 4. The van der Waals surface area contributed by atoms with E-state index in [2.05, 4.69) is 0 Å². The highest BCUT2D eigenvalue weighted by Gasteiger charge is 2.21. The fraction of sp³-hybridized carbons (Fsp3) is 0.385. The second kappa shape index (κ2) is 6.19. The highest BCUT2D eigenvalue weighted by Crippen LogP contribution is 2.25. The van der Waals surface area contributed by atoms with Crippen molar-refractivity contribution >= 4 is 17.3 Å². The lowest BCUT2D eigenvalue weighted by atomic mass is 10.1. The molecule has 110 valence electrons. The van der Waals surface area contributed by atoms with Gasteiger partial charge in [0, 0.05) is 37.9 Å². The summed E-state index contributed by atoms with van der Waals surface area (Å²) in [5, 5.41) is 28.5. The summed E-state index contributed by atoms with van der Waals surface area (Å²) < 4.78 is 0. The van der Waals surface area contributed by atoms with Gasteiger partial charge >= 0.3 is 5.97 Å². The number of piperazine rings is 1. The summed E-state index contributed by atoms with van der Waals surface area (Å²) in [5.41, 5.74) is 0.573. The fourth-order valence-corrected chi connectivity index (χ4v) is 2.32. The van der Waals surface area contributed by atoms with Crippen molar-refractivity contribution in [1.82, 2.24) is 4.90 Å². The van der Waals surface area contributed by atoms with Gasteiger partial charge in [-0.1, -0.05) is 0 Å². The predicted octanol–water partition coefficient (Wildman–Crippen LogP) is 0.673. The number of nitro benzene ring substituents is 1. The van der Waals surface area contributed by atoms with Gasteiger partial charge < -0.3 is 10.0 Å². The SMILES string of the molecule is N#Cc1cc(N2CCN(CC(=O)O)CC2)ccc1[N+](=O)[O-]. The highest BCUT2D eigenvalue weighted by molar-refractivity contribution is 5.69. The minimum Gasteiger partial charge on any atom is -0.480 e. The van der Waals surface area contributed by atoms with Crippen molar-refractivity contribution < 1.29 is 14.8 Å². The maximum Gasteiger partial charge on any atom is 0.317 e. The summed E-state index contributed by atoms with van der Waals surface area (Å²) in [5.74, 6) is -0.856. The molecule has 0 unspecified atom stereocenters. The summed E-state index contributed by atoms with van der Waals surface area (Å²) in [7, 11) is 0. The summed E-state index contributed by atoms with van der Waals surface area (Å²) in [6.45, 7) is 2.46. The molecule has 0 amide bonds. The van der Waals surface area contributed by atoms with Gasteiger partial charge in [0.25, 0.3) is 5.69 Å². The molecule has 1 saturated heterocycles. The van der Waals surface area contributed by atoms with E-state index in [1.54, 1.807) is 6.07 Å². The first kappa shape index (κ1) is 14.7. The number of carboxylic acid groups (broad SMARTS) is 1. The van der Waals surface area contributed by atoms with E-state index in [0.717, 1.165) is 5.69 Å². The minimum absolute atomic E-state index is 0.0115. The Morgan fingerprint density at radius 2 is 2.05 bits per heavy atom. The largest absolute Gasteiger partial charge is 0.480 e. The molecular weight excluding hydrogens is 276 g/mol. The second-order valence-corrected chi connectivity index (χ2v) is 4.73. The van der Waals surface area contributed by atoms with Crippen molar-refractivity contribution in [3.63, 3.8) is 0 Å². The number of benzene rings is 1. The van der Waals surface area contributed by atoms with E-state index in [-0.39, 0.29) is 17.8 Å². The van der Waals surface area contributed by atoms with Gasteiger partial charge in [0.05, 0.1) is 11.5 Å². The zero-order valence-electron chi connectivity index (χ0n) is 11.2. The predicted molar refractivity (Wildman–Crippen MR) is 74.1 cm³/mol. The molecular formula is C13H14N4O4. The van der Waals surface area contributed by atoms with Crippen LogP contribution < -0.4 is 4.90 Å². The van der Waals surface area contributed by atoms with E-state index in [1.807, 2.05) is 15.9 Å². The fourth-order valence-electron chi connectivity index (χ4n) is 2.32. The molecule has 1 N–H and O–H groups in total. The molecule has 0 aliphatic carbocycles. The van der Waals surface area contributed by atoms with E-state index < -0.39 is 10.9 Å². The number of hydrogen-bond acceptors (Lipinski definition) is 6. The quantitative estimate of drug-likeness (QED) is 0.641. The van der Waals surface area contributed by atoms with E-state index in [4.69, 9.17) is 10.4 Å². The lowest BCUT2D eigenvalue weighted by Crippen LogP contribution is -2.48. The molecule has 0 saturated carbocycles. The van der Waals surface area contributed by atoms with Crippen LogP contribution in [0.15, 0.2) is 18.2 Å². The van der Waals surface area contributed by atoms with Crippen LogP contribution in [-0.2, 0) is 4.79 Å². The number of aliphatic carboxylic acids is 1. The Labute approximate surface area is 121 Å². The molecule has 0 aromatic heterocycles. The molecule has 1 heterocycles. The van der Waals surface area contributed by atoms with Crippen molar-refractivity contribution in [1.29, 1.82) is 5.26 Å². The molecule has 8 heteroatoms. The normalized spacial score (nSPS) is 15.5. The van der Waals surface area contributed by atoms with Crippen molar-refractivity contribution in [2.45, 2.75) is 0 Å². The van der Waals surface area contributed by atoms with Crippen LogP contribution in [0.2, 0.25) is 0 Å². The topological polar surface area (TPSA) is 111 Å². The first-order valence-electron chi connectivity index (χ1n) is 6.39. The van der Waals surface area contributed by atoms with Gasteiger partial charge in [-0.05, 0) is 12.1 Å². The zero-order chi connectivity index (χ0) is 15.4. The molecule has 2 rings (SSSR count). The molecule has 1 aliphatic heterocycles. The molecule has 1 aromatic carbocycles. The Morgan fingerprint density at radius 3 is 2.57 bits per heavy atom. The summed E-state index contributed by atoms with van der Waals surface area (Å²) in [6, 6.07) is 6.29. The van der Waals surface area contributed by atoms with E-state index in [0.29, 0.717) is 26.2 Å². The van der Waals surface area contributed by atoms with Crippen LogP contribution in [0.4, 0.5) is 11.4 Å². The average Bonchev–Trinajstić information content (AvgIpc) is 2.46. The van der Waals surface area contributed by atoms with Gasteiger partial charge in [-0.15, -0.1) is 0 Å². The van der Waals surface area contributed by atoms with Crippen molar-refractivity contribution in [3.8, 4) is 6.07 Å². The smallest absolute Gasteiger partial charge is 0.317 e. The maximum absolute atomic E-state index is 10.8. The Morgan fingerprint density at radius 1 is 1.38 bits per heavy atom. The van der Waals surface area contributed by atoms with Crippen LogP contribution in [0.25, 0.3) is 0 Å². The first-order chi connectivity index (χ1) is 10.0. The average molecular weight is 290 g/mol. The molecule has 21 heavy (non-hydrogen) atoms. The summed E-state index contributed by atoms with van der Waals surface area (Å²) >= 11 is 0. The van der Waals surface area contributed by atoms with Gasteiger partial charge in [-0.25, -0.2) is 0 Å². The number of carboxylic acids is 1. The van der Waals surface area contributed by atoms with Crippen molar-refractivity contribution in [2.75, 3.05) is 37.6 Å². The molecule has 0 radical (unpaired) electrons. The Balaban J connectivity index is 2.09. The first-order valence-corrected chi connectivity index (χ1v) is 6.39. The molecule has 0 bridgehead atoms. The zero-order valence-corrected chi connectivity index (χ0v) is 11.2. The molecule has 1 aromatic rings. The minimum atomic E-state index is -0.856.